The van der Waals surface area contributed by atoms with Crippen LogP contribution in [0.2, 0.25) is 10.0 Å². The predicted molar refractivity (Wildman–Crippen MR) is 95.2 cm³/mol. The Balaban J connectivity index is 1.77. The van der Waals surface area contributed by atoms with Crippen LogP contribution in [0, 0.1) is 0 Å². The first-order valence-corrected chi connectivity index (χ1v) is 8.56. The molecule has 1 fully saturated rings. The first-order valence-electron chi connectivity index (χ1n) is 7.80. The van der Waals surface area contributed by atoms with Gasteiger partial charge in [0.1, 0.15) is 5.56 Å². The lowest BCUT2D eigenvalue weighted by molar-refractivity contribution is 0.0304. The van der Waals surface area contributed by atoms with Gasteiger partial charge in [-0.1, -0.05) is 29.3 Å². The fourth-order valence-corrected chi connectivity index (χ4v) is 3.15. The molecule has 25 heavy (non-hydrogen) atoms. The number of rotatable bonds is 2. The van der Waals surface area contributed by atoms with Crippen molar-refractivity contribution >= 4 is 34.8 Å². The first-order chi connectivity index (χ1) is 12.1. The lowest BCUT2D eigenvalue weighted by Crippen LogP contribution is -2.40. The summed E-state index contributed by atoms with van der Waals surface area (Å²) in [6.07, 6.45) is 3.21. The molecule has 0 unspecified atom stereocenters. The molecule has 0 atom stereocenters. The third-order valence-corrected chi connectivity index (χ3v) is 4.88. The monoisotopic (exact) mass is 376 g/mol. The van der Waals surface area contributed by atoms with Gasteiger partial charge in [0.05, 0.1) is 35.1 Å². The Kier molecular flexibility index (Phi) is 4.33. The number of aromatic nitrogens is 3. The van der Waals surface area contributed by atoms with Crippen molar-refractivity contribution < 1.29 is 9.53 Å². The standard InChI is InChI=1S/C17H14Cl2N4O2/c18-13-2-1-11(9-14(13)19)15-3-4-20-16-12(10-21-23(15)16)17(24)22-5-7-25-8-6-22/h1-4,9-10H,5-8H2. The Morgan fingerprint density at radius 2 is 1.92 bits per heavy atom. The quantitative estimate of drug-likeness (QED) is 0.688. The maximum absolute atomic E-state index is 12.8. The fourth-order valence-electron chi connectivity index (χ4n) is 2.85. The molecule has 3 heterocycles. The van der Waals surface area contributed by atoms with Gasteiger partial charge in [0.2, 0.25) is 0 Å². The zero-order valence-electron chi connectivity index (χ0n) is 13.2. The molecule has 6 nitrogen and oxygen atoms in total. The van der Waals surface area contributed by atoms with Crippen molar-refractivity contribution in [2.45, 2.75) is 0 Å². The second-order valence-corrected chi connectivity index (χ2v) is 6.47. The van der Waals surface area contributed by atoms with Gasteiger partial charge in [-0.05, 0) is 18.2 Å². The highest BCUT2D eigenvalue weighted by molar-refractivity contribution is 6.42. The van der Waals surface area contributed by atoms with Gasteiger partial charge in [-0.2, -0.15) is 5.10 Å². The van der Waals surface area contributed by atoms with Crippen molar-refractivity contribution in [3.8, 4) is 11.3 Å². The van der Waals surface area contributed by atoms with Crippen molar-refractivity contribution in [2.24, 2.45) is 0 Å². The molecule has 1 aliphatic rings. The molecule has 3 aromatic rings. The summed E-state index contributed by atoms with van der Waals surface area (Å²) in [5.41, 5.74) is 2.61. The summed E-state index contributed by atoms with van der Waals surface area (Å²) in [5, 5.41) is 5.31. The number of benzene rings is 1. The lowest BCUT2D eigenvalue weighted by Gasteiger charge is -2.26. The van der Waals surface area contributed by atoms with Crippen LogP contribution in [0.15, 0.2) is 36.7 Å². The lowest BCUT2D eigenvalue weighted by atomic mass is 10.1. The summed E-state index contributed by atoms with van der Waals surface area (Å²) in [7, 11) is 0. The van der Waals surface area contributed by atoms with E-state index in [2.05, 4.69) is 10.1 Å². The average molecular weight is 377 g/mol. The zero-order chi connectivity index (χ0) is 17.4. The number of nitrogens with zero attached hydrogens (tertiary/aromatic N) is 4. The smallest absolute Gasteiger partial charge is 0.259 e. The highest BCUT2D eigenvalue weighted by atomic mass is 35.5. The number of halogens is 2. The molecule has 1 aromatic carbocycles. The summed E-state index contributed by atoms with van der Waals surface area (Å²) in [6.45, 7) is 2.24. The Morgan fingerprint density at radius 3 is 2.68 bits per heavy atom. The molecule has 8 heteroatoms. The maximum atomic E-state index is 12.8. The molecular weight excluding hydrogens is 363 g/mol. The van der Waals surface area contributed by atoms with Crippen LogP contribution in [-0.2, 0) is 4.74 Å². The van der Waals surface area contributed by atoms with Crippen LogP contribution in [0.3, 0.4) is 0 Å². The Hall–Kier alpha value is -2.15. The topological polar surface area (TPSA) is 59.7 Å². The Bertz CT molecular complexity index is 951. The van der Waals surface area contributed by atoms with Gasteiger partial charge < -0.3 is 9.64 Å². The van der Waals surface area contributed by atoms with Crippen LogP contribution < -0.4 is 0 Å². The summed E-state index contributed by atoms with van der Waals surface area (Å²) in [4.78, 5) is 18.9. The van der Waals surface area contributed by atoms with E-state index in [4.69, 9.17) is 27.9 Å². The Labute approximate surface area is 153 Å². The first kappa shape index (κ1) is 16.3. The van der Waals surface area contributed by atoms with Gasteiger partial charge in [-0.15, -0.1) is 0 Å². The number of hydrogen-bond acceptors (Lipinski definition) is 4. The van der Waals surface area contributed by atoms with E-state index < -0.39 is 0 Å². The molecule has 128 valence electrons. The van der Waals surface area contributed by atoms with Crippen LogP contribution >= 0.6 is 23.2 Å². The molecular formula is C17H14Cl2N4O2. The van der Waals surface area contributed by atoms with Crippen molar-refractivity contribution in [1.29, 1.82) is 0 Å². The average Bonchev–Trinajstić information content (AvgIpc) is 3.08. The molecule has 0 bridgehead atoms. The van der Waals surface area contributed by atoms with E-state index in [1.807, 2.05) is 12.1 Å². The van der Waals surface area contributed by atoms with Crippen LogP contribution in [0.1, 0.15) is 10.4 Å². The maximum Gasteiger partial charge on any atom is 0.259 e. The van der Waals surface area contributed by atoms with Crippen molar-refractivity contribution in [3.05, 3.63) is 52.3 Å². The van der Waals surface area contributed by atoms with Gasteiger partial charge in [0, 0.05) is 24.8 Å². The molecule has 0 N–H and O–H groups in total. The normalized spacial score (nSPS) is 14.9. The summed E-state index contributed by atoms with van der Waals surface area (Å²) >= 11 is 12.1. The number of carbonyl (C=O) groups excluding carboxylic acids is 1. The predicted octanol–water partition coefficient (Wildman–Crippen LogP) is 3.18. The number of fused-ring (bicyclic) bond motifs is 1. The molecule has 1 aliphatic heterocycles. The SMILES string of the molecule is O=C(c1cnn2c(-c3ccc(Cl)c(Cl)c3)ccnc12)N1CCOCC1. The molecule has 0 saturated carbocycles. The molecule has 4 rings (SSSR count). The second-order valence-electron chi connectivity index (χ2n) is 5.66. The van der Waals surface area contributed by atoms with Crippen LogP contribution in [-0.4, -0.2) is 51.7 Å². The fraction of sp³-hybridized carbons (Fsp3) is 0.235. The van der Waals surface area contributed by atoms with E-state index in [1.54, 1.807) is 33.9 Å². The number of morpholine rings is 1. The van der Waals surface area contributed by atoms with Crippen LogP contribution in [0.4, 0.5) is 0 Å². The van der Waals surface area contributed by atoms with Crippen LogP contribution in [0.25, 0.3) is 16.9 Å². The highest BCUT2D eigenvalue weighted by Gasteiger charge is 2.23. The number of amides is 1. The van der Waals surface area contributed by atoms with Crippen molar-refractivity contribution in [2.75, 3.05) is 26.3 Å². The molecule has 1 amide bonds. The van der Waals surface area contributed by atoms with E-state index in [0.717, 1.165) is 11.3 Å². The van der Waals surface area contributed by atoms with Gasteiger partial charge in [-0.25, -0.2) is 9.50 Å². The largest absolute Gasteiger partial charge is 0.378 e. The highest BCUT2D eigenvalue weighted by Crippen LogP contribution is 2.29. The van der Waals surface area contributed by atoms with Gasteiger partial charge in [0.25, 0.3) is 5.91 Å². The van der Waals surface area contributed by atoms with E-state index >= 15 is 0 Å². The Morgan fingerprint density at radius 1 is 1.12 bits per heavy atom. The third-order valence-electron chi connectivity index (χ3n) is 4.15. The molecule has 0 spiro atoms. The minimum Gasteiger partial charge on any atom is -0.378 e. The summed E-state index contributed by atoms with van der Waals surface area (Å²) < 4.78 is 6.94. The van der Waals surface area contributed by atoms with E-state index in [0.29, 0.717) is 47.6 Å². The molecule has 2 aromatic heterocycles. The third kappa shape index (κ3) is 2.97. The van der Waals surface area contributed by atoms with E-state index in [9.17, 15) is 4.79 Å². The summed E-state index contributed by atoms with van der Waals surface area (Å²) in [6, 6.07) is 7.18. The minimum atomic E-state index is -0.0860. The van der Waals surface area contributed by atoms with Gasteiger partial charge in [-0.3, -0.25) is 4.79 Å². The minimum absolute atomic E-state index is 0.0860. The van der Waals surface area contributed by atoms with Crippen molar-refractivity contribution in [1.82, 2.24) is 19.5 Å². The number of carbonyl (C=O) groups is 1. The van der Waals surface area contributed by atoms with Gasteiger partial charge >= 0.3 is 0 Å². The molecule has 0 radical (unpaired) electrons. The zero-order valence-corrected chi connectivity index (χ0v) is 14.7. The van der Waals surface area contributed by atoms with Crippen LogP contribution in [0.5, 0.6) is 0 Å². The van der Waals surface area contributed by atoms with Gasteiger partial charge in [0.15, 0.2) is 5.65 Å². The number of hydrogen-bond donors (Lipinski definition) is 0. The number of ether oxygens (including phenoxy) is 1. The second kappa shape index (κ2) is 6.63. The van der Waals surface area contributed by atoms with E-state index in [1.165, 1.54) is 0 Å². The van der Waals surface area contributed by atoms with E-state index in [-0.39, 0.29) is 5.91 Å². The molecule has 1 saturated heterocycles. The molecule has 0 aliphatic carbocycles. The summed E-state index contributed by atoms with van der Waals surface area (Å²) in [5.74, 6) is -0.0860. The van der Waals surface area contributed by atoms with Crippen molar-refractivity contribution in [3.63, 3.8) is 0 Å².